The normalized spacial score (nSPS) is 21.1. The molecule has 4 aromatic rings. The lowest BCUT2D eigenvalue weighted by molar-refractivity contribution is -0.274. The molecule has 342 valence electrons. The standard InChI is InChI=1S/C45H52ClF3N8O6S/c1-24(2)38(54-43(61)62-6)42(60)57-23-29(64-7)16-35(57)39-51-21-34(52-39)27-10-8-26(9-11-27)30-17-32(46)33(18-36(30)63-45(47,48)49)53-40(58)28-12-13-37(50-20-28)56-15-14-55(22-25(56)3)41(59)31-19-44(31,4)5/h8-13,17-18,20-21,24-25,29,31,35,38H,14-16,19,22-23H2,1-7H3,(H,51,52)(H,53,58)(H,54,61)/t25-,29+,31-,35+,38+/m1/s1. The predicted octanol–water partition coefficient (Wildman–Crippen LogP) is 8.41. The molecule has 5 atom stereocenters. The zero-order chi connectivity index (χ0) is 46.2. The van der Waals surface area contributed by atoms with E-state index in [1.54, 1.807) is 59.3 Å². The summed E-state index contributed by atoms with van der Waals surface area (Å²) in [4.78, 5) is 70.4. The zero-order valence-electron chi connectivity index (χ0n) is 36.6. The third kappa shape index (κ3) is 10.2. The van der Waals surface area contributed by atoms with E-state index >= 15 is 0 Å². The fourth-order valence-electron chi connectivity index (χ4n) is 8.41. The second kappa shape index (κ2) is 18.5. The lowest BCUT2D eigenvalue weighted by atomic mass is 10.0. The van der Waals surface area contributed by atoms with Crippen molar-refractivity contribution >= 4 is 58.7 Å². The highest BCUT2D eigenvalue weighted by Gasteiger charge is 2.52. The van der Waals surface area contributed by atoms with Crippen LogP contribution < -0.4 is 20.3 Å². The van der Waals surface area contributed by atoms with Gasteiger partial charge in [0.2, 0.25) is 11.8 Å². The molecule has 2 aliphatic heterocycles. The number of amides is 4. The highest BCUT2D eigenvalue weighted by molar-refractivity contribution is 7.99. The van der Waals surface area contributed by atoms with Gasteiger partial charge < -0.3 is 39.8 Å². The molecule has 4 heterocycles. The number of H-pyrrole nitrogens is 1. The van der Waals surface area contributed by atoms with Crippen molar-refractivity contribution in [1.82, 2.24) is 30.1 Å². The van der Waals surface area contributed by atoms with Gasteiger partial charge in [0.05, 0.1) is 41.3 Å². The molecule has 2 aromatic heterocycles. The Labute approximate surface area is 379 Å². The summed E-state index contributed by atoms with van der Waals surface area (Å²) in [6.07, 6.45) is 0.758. The van der Waals surface area contributed by atoms with Gasteiger partial charge >= 0.3 is 12.5 Å². The second-order valence-corrected chi connectivity index (χ2v) is 19.1. The predicted molar refractivity (Wildman–Crippen MR) is 239 cm³/mol. The third-order valence-electron chi connectivity index (χ3n) is 12.3. The van der Waals surface area contributed by atoms with Crippen molar-refractivity contribution in [2.24, 2.45) is 17.3 Å². The first-order chi connectivity index (χ1) is 30.3. The summed E-state index contributed by atoms with van der Waals surface area (Å²) in [6.45, 7) is 12.1. The topological polar surface area (TPSA) is 162 Å². The van der Waals surface area contributed by atoms with Gasteiger partial charge in [-0.3, -0.25) is 14.4 Å². The van der Waals surface area contributed by atoms with Crippen LogP contribution in [0.2, 0.25) is 5.02 Å². The van der Waals surface area contributed by atoms with Gasteiger partial charge in [-0.25, -0.2) is 14.8 Å². The quantitative estimate of drug-likeness (QED) is 0.126. The molecule has 7 rings (SSSR count). The number of carbonyl (C=O) groups excluding carboxylic acids is 4. The first-order valence-electron chi connectivity index (χ1n) is 21.0. The van der Waals surface area contributed by atoms with E-state index in [0.717, 1.165) is 12.5 Å². The number of aromatic amines is 1. The number of anilines is 2. The molecule has 2 saturated heterocycles. The number of thioether (sulfide) groups is 1. The largest absolute Gasteiger partial charge is 0.573 e. The van der Waals surface area contributed by atoms with Crippen LogP contribution in [0, 0.1) is 17.3 Å². The minimum atomic E-state index is -5.06. The van der Waals surface area contributed by atoms with E-state index in [1.165, 1.54) is 19.4 Å². The number of hydrogen-bond donors (Lipinski definition) is 3. The number of halogens is 4. The Morgan fingerprint density at radius 3 is 2.30 bits per heavy atom. The highest BCUT2D eigenvalue weighted by Crippen LogP contribution is 2.52. The number of ether oxygens (including phenoxy) is 2. The van der Waals surface area contributed by atoms with Crippen LogP contribution in [-0.2, 0) is 14.3 Å². The Hall–Kier alpha value is -5.49. The third-order valence-corrected chi connectivity index (χ3v) is 13.6. The summed E-state index contributed by atoms with van der Waals surface area (Å²) in [5.41, 5.74) is 1.77. The number of aromatic nitrogens is 3. The van der Waals surface area contributed by atoms with E-state index in [-0.39, 0.29) is 62.2 Å². The van der Waals surface area contributed by atoms with E-state index in [9.17, 15) is 32.3 Å². The van der Waals surface area contributed by atoms with Crippen LogP contribution in [0.5, 0.6) is 5.75 Å². The molecule has 0 radical (unpaired) electrons. The minimum absolute atomic E-state index is 0.00627. The number of nitrogens with one attached hydrogen (secondary N) is 3. The Balaban J connectivity index is 1.05. The van der Waals surface area contributed by atoms with Crippen LogP contribution in [0.25, 0.3) is 22.4 Å². The first kappa shape index (κ1) is 46.5. The number of likely N-dealkylation sites (tertiary alicyclic amines) is 1. The summed E-state index contributed by atoms with van der Waals surface area (Å²) in [6, 6.07) is 11.0. The van der Waals surface area contributed by atoms with Gasteiger partial charge in [-0.15, -0.1) is 13.2 Å². The Morgan fingerprint density at radius 1 is 1.00 bits per heavy atom. The molecule has 1 aliphatic carbocycles. The number of benzene rings is 2. The van der Waals surface area contributed by atoms with Crippen molar-refractivity contribution in [2.75, 3.05) is 49.8 Å². The van der Waals surface area contributed by atoms with Gasteiger partial charge in [-0.1, -0.05) is 63.6 Å². The second-order valence-electron chi connectivity index (χ2n) is 17.5. The number of pyridine rings is 1. The maximum atomic E-state index is 13.8. The van der Waals surface area contributed by atoms with Crippen LogP contribution in [0.1, 0.15) is 69.7 Å². The van der Waals surface area contributed by atoms with Crippen molar-refractivity contribution in [1.29, 1.82) is 0 Å². The average molecular weight is 925 g/mol. The van der Waals surface area contributed by atoms with Crippen LogP contribution in [0.3, 0.4) is 0 Å². The molecule has 3 aliphatic rings. The van der Waals surface area contributed by atoms with Gasteiger partial charge in [0.15, 0.2) is 0 Å². The van der Waals surface area contributed by atoms with E-state index in [1.807, 2.05) is 31.9 Å². The molecule has 3 N–H and O–H groups in total. The van der Waals surface area contributed by atoms with E-state index in [0.29, 0.717) is 61.1 Å². The van der Waals surface area contributed by atoms with Crippen molar-refractivity contribution in [3.05, 3.63) is 77.3 Å². The molecule has 64 heavy (non-hydrogen) atoms. The molecule has 4 amide bonds. The van der Waals surface area contributed by atoms with Gasteiger partial charge in [0.1, 0.15) is 23.4 Å². The number of rotatable bonds is 12. The fourth-order valence-corrected chi connectivity index (χ4v) is 9.30. The molecule has 3 fully saturated rings. The number of hydrogen-bond acceptors (Lipinski definition) is 10. The number of carbonyl (C=O) groups is 4. The van der Waals surface area contributed by atoms with Gasteiger partial charge in [0, 0.05) is 61.2 Å². The molecule has 19 heteroatoms. The van der Waals surface area contributed by atoms with Crippen molar-refractivity contribution < 1.29 is 41.8 Å². The number of nitrogens with zero attached hydrogens (tertiary/aromatic N) is 5. The van der Waals surface area contributed by atoms with Gasteiger partial charge in [0.25, 0.3) is 5.91 Å². The lowest BCUT2D eigenvalue weighted by Crippen LogP contribution is -2.54. The SMILES string of the molecule is COC(=O)N[C@H](C(=O)N1C[C@@H](SC)C[C@H]1c1ncc(-c2ccc(-c3cc(Cl)c(NC(=O)c4ccc(N5CCN(C(=O)[C@H]6CC6(C)C)C[C@H]5C)nc4)cc3OC(F)(F)F)cc2)[nH]1)C(C)C. The van der Waals surface area contributed by atoms with E-state index < -0.39 is 36.2 Å². The van der Waals surface area contributed by atoms with Crippen molar-refractivity contribution in [3.8, 4) is 28.1 Å². The van der Waals surface area contributed by atoms with Crippen LogP contribution in [-0.4, -0.2) is 112 Å². The molecular weight excluding hydrogens is 873 g/mol. The summed E-state index contributed by atoms with van der Waals surface area (Å²) in [7, 11) is 1.24. The number of alkyl carbamates (subject to hydrolysis) is 1. The Bertz CT molecular complexity index is 2380. The minimum Gasteiger partial charge on any atom is -0.453 e. The van der Waals surface area contributed by atoms with Gasteiger partial charge in [-0.2, -0.15) is 11.8 Å². The Morgan fingerprint density at radius 2 is 1.70 bits per heavy atom. The smallest absolute Gasteiger partial charge is 0.453 e. The number of methoxy groups -OCH3 is 1. The molecular formula is C45H52ClF3N8O6S. The number of alkyl halides is 3. The molecule has 0 unspecified atom stereocenters. The summed E-state index contributed by atoms with van der Waals surface area (Å²) in [5.74, 6) is -0.243. The molecule has 14 nitrogen and oxygen atoms in total. The number of piperazine rings is 1. The van der Waals surface area contributed by atoms with E-state index in [2.05, 4.69) is 49.1 Å². The summed E-state index contributed by atoms with van der Waals surface area (Å²) in [5, 5.41) is 5.36. The van der Waals surface area contributed by atoms with E-state index in [4.69, 9.17) is 16.3 Å². The van der Waals surface area contributed by atoms with Gasteiger partial charge in [-0.05, 0) is 66.7 Å². The monoisotopic (exact) mass is 924 g/mol. The first-order valence-corrected chi connectivity index (χ1v) is 22.7. The average Bonchev–Trinajstić information content (AvgIpc) is 3.56. The summed E-state index contributed by atoms with van der Waals surface area (Å²) >= 11 is 8.25. The fraction of sp³-hybridized carbons (Fsp3) is 0.467. The van der Waals surface area contributed by atoms with Crippen LogP contribution in [0.15, 0.2) is 60.9 Å². The number of imidazole rings is 1. The summed E-state index contributed by atoms with van der Waals surface area (Å²) < 4.78 is 50.6. The molecule has 0 spiro atoms. The molecule has 0 bridgehead atoms. The highest BCUT2D eigenvalue weighted by atomic mass is 35.5. The van der Waals surface area contributed by atoms with Crippen LogP contribution in [0.4, 0.5) is 29.5 Å². The molecule has 1 saturated carbocycles. The van der Waals surface area contributed by atoms with Crippen LogP contribution >= 0.6 is 23.4 Å². The van der Waals surface area contributed by atoms with Crippen molar-refractivity contribution in [2.45, 2.75) is 77.2 Å². The van der Waals surface area contributed by atoms with Crippen molar-refractivity contribution in [3.63, 3.8) is 0 Å². The Kier molecular flexibility index (Phi) is 13.5. The maximum absolute atomic E-state index is 13.8. The zero-order valence-corrected chi connectivity index (χ0v) is 38.2. The maximum Gasteiger partial charge on any atom is 0.573 e. The lowest BCUT2D eigenvalue weighted by Gasteiger charge is -2.40. The molecule has 2 aromatic carbocycles.